The Morgan fingerprint density at radius 3 is 2.60 bits per heavy atom. The van der Waals surface area contributed by atoms with Gasteiger partial charge in [-0.05, 0) is 13.3 Å². The van der Waals surface area contributed by atoms with E-state index in [0.29, 0.717) is 6.04 Å². The van der Waals surface area contributed by atoms with Crippen molar-refractivity contribution in [2.75, 3.05) is 20.5 Å². The Kier molecular flexibility index (Phi) is 2.65. The van der Waals surface area contributed by atoms with Crippen LogP contribution in [0.4, 0.5) is 0 Å². The van der Waals surface area contributed by atoms with Gasteiger partial charge in [0.2, 0.25) is 0 Å². The van der Waals surface area contributed by atoms with Crippen LogP contribution in [0.3, 0.4) is 0 Å². The van der Waals surface area contributed by atoms with Crippen molar-refractivity contribution < 1.29 is 4.74 Å². The maximum absolute atomic E-state index is 5.24. The van der Waals surface area contributed by atoms with Crippen LogP contribution in [0.1, 0.15) is 20.3 Å². The van der Waals surface area contributed by atoms with Crippen molar-refractivity contribution in [1.82, 2.24) is 10.0 Å². The van der Waals surface area contributed by atoms with E-state index in [1.54, 1.807) is 0 Å². The van der Waals surface area contributed by atoms with Crippen LogP contribution in [0.2, 0.25) is 0 Å². The molecule has 0 N–H and O–H groups in total. The lowest BCUT2D eigenvalue weighted by atomic mass is 10.2. The molecule has 1 atom stereocenters. The van der Waals surface area contributed by atoms with Gasteiger partial charge in [0.05, 0.1) is 0 Å². The van der Waals surface area contributed by atoms with E-state index >= 15 is 0 Å². The molecule has 10 heavy (non-hydrogen) atoms. The normalized spacial score (nSPS) is 25.5. The summed E-state index contributed by atoms with van der Waals surface area (Å²) in [5, 5.41) is 4.36. The first-order chi connectivity index (χ1) is 4.75. The highest BCUT2D eigenvalue weighted by Crippen LogP contribution is 2.11. The van der Waals surface area contributed by atoms with Crippen molar-refractivity contribution in [3.8, 4) is 0 Å². The Morgan fingerprint density at radius 1 is 1.50 bits per heavy atom. The number of rotatable bonds is 2. The van der Waals surface area contributed by atoms with Crippen molar-refractivity contribution >= 4 is 0 Å². The number of hydrazine groups is 1. The molecule has 0 radical (unpaired) electrons. The molecule has 60 valence electrons. The molecule has 0 spiro atoms. The van der Waals surface area contributed by atoms with E-state index in [1.807, 2.05) is 0 Å². The summed E-state index contributed by atoms with van der Waals surface area (Å²) in [6.07, 6.45) is 1.17. The number of ether oxygens (including phenoxy) is 1. The van der Waals surface area contributed by atoms with Gasteiger partial charge >= 0.3 is 0 Å². The zero-order valence-electron chi connectivity index (χ0n) is 7.00. The van der Waals surface area contributed by atoms with E-state index in [0.717, 1.165) is 13.5 Å². The first-order valence-electron chi connectivity index (χ1n) is 3.81. The molecule has 1 saturated heterocycles. The molecule has 0 saturated carbocycles. The van der Waals surface area contributed by atoms with Gasteiger partial charge in [-0.15, -0.1) is 0 Å². The maximum Gasteiger partial charge on any atom is 0.114 e. The Morgan fingerprint density at radius 2 is 2.20 bits per heavy atom. The van der Waals surface area contributed by atoms with E-state index in [1.165, 1.54) is 6.42 Å². The second-order valence-corrected chi connectivity index (χ2v) is 2.82. The first-order valence-corrected chi connectivity index (χ1v) is 3.81. The molecule has 0 aliphatic carbocycles. The average molecular weight is 144 g/mol. The summed E-state index contributed by atoms with van der Waals surface area (Å²) < 4.78 is 5.24. The SMILES string of the molecule is CC[C@@H](C)N1COCN1C. The zero-order valence-corrected chi connectivity index (χ0v) is 7.00. The van der Waals surface area contributed by atoms with E-state index in [2.05, 4.69) is 30.9 Å². The van der Waals surface area contributed by atoms with Crippen LogP contribution in [0.15, 0.2) is 0 Å². The lowest BCUT2D eigenvalue weighted by molar-refractivity contribution is 0.0140. The van der Waals surface area contributed by atoms with Crippen LogP contribution >= 0.6 is 0 Å². The molecule has 0 bridgehead atoms. The predicted molar refractivity (Wildman–Crippen MR) is 40.2 cm³/mol. The van der Waals surface area contributed by atoms with Crippen LogP contribution in [0.5, 0.6) is 0 Å². The minimum absolute atomic E-state index is 0.604. The highest BCUT2D eigenvalue weighted by molar-refractivity contribution is 4.60. The van der Waals surface area contributed by atoms with Crippen molar-refractivity contribution in [2.24, 2.45) is 0 Å². The van der Waals surface area contributed by atoms with Crippen LogP contribution in [0, 0.1) is 0 Å². The molecule has 1 aliphatic rings. The fourth-order valence-electron chi connectivity index (χ4n) is 1.11. The van der Waals surface area contributed by atoms with Crippen LogP contribution < -0.4 is 0 Å². The first kappa shape index (κ1) is 7.98. The van der Waals surface area contributed by atoms with Gasteiger partial charge in [-0.2, -0.15) is 0 Å². The molecule has 1 heterocycles. The van der Waals surface area contributed by atoms with Gasteiger partial charge in [-0.3, -0.25) is 0 Å². The van der Waals surface area contributed by atoms with Gasteiger partial charge < -0.3 is 4.74 Å². The van der Waals surface area contributed by atoms with Gasteiger partial charge in [0.1, 0.15) is 13.5 Å². The van der Waals surface area contributed by atoms with E-state index in [4.69, 9.17) is 4.74 Å². The molecule has 3 nitrogen and oxygen atoms in total. The summed E-state index contributed by atoms with van der Waals surface area (Å²) in [6, 6.07) is 0.604. The largest absolute Gasteiger partial charge is 0.348 e. The molecule has 1 aliphatic heterocycles. The van der Waals surface area contributed by atoms with Crippen molar-refractivity contribution in [3.05, 3.63) is 0 Å². The van der Waals surface area contributed by atoms with Gasteiger partial charge in [-0.25, -0.2) is 10.0 Å². The molecule has 0 amide bonds. The van der Waals surface area contributed by atoms with Crippen LogP contribution in [-0.4, -0.2) is 36.6 Å². The molecule has 3 heteroatoms. The third-order valence-corrected chi connectivity index (χ3v) is 2.04. The summed E-state index contributed by atoms with van der Waals surface area (Å²) in [7, 11) is 2.05. The third-order valence-electron chi connectivity index (χ3n) is 2.04. The van der Waals surface area contributed by atoms with Gasteiger partial charge in [0.25, 0.3) is 0 Å². The standard InChI is InChI=1S/C7H16N2O/c1-4-7(2)9-6-10-5-8(9)3/h7H,4-6H2,1-3H3/t7-/m1/s1. The fourth-order valence-corrected chi connectivity index (χ4v) is 1.11. The molecular formula is C7H16N2O. The summed E-state index contributed by atoms with van der Waals surface area (Å²) in [5.74, 6) is 0. The van der Waals surface area contributed by atoms with Crippen LogP contribution in [0.25, 0.3) is 0 Å². The summed E-state index contributed by atoms with van der Waals surface area (Å²) in [5.41, 5.74) is 0. The molecule has 0 unspecified atom stereocenters. The molecule has 1 fully saturated rings. The number of nitrogens with zero attached hydrogens (tertiary/aromatic N) is 2. The Bertz CT molecular complexity index is 108. The summed E-state index contributed by atoms with van der Waals surface area (Å²) in [4.78, 5) is 0. The molecule has 1 rings (SSSR count). The summed E-state index contributed by atoms with van der Waals surface area (Å²) in [6.45, 7) is 5.90. The Labute approximate surface area is 62.5 Å². The average Bonchev–Trinajstić information content (AvgIpc) is 2.34. The lowest BCUT2D eigenvalue weighted by Crippen LogP contribution is -2.39. The molecular weight excluding hydrogens is 128 g/mol. The topological polar surface area (TPSA) is 15.7 Å². The highest BCUT2D eigenvalue weighted by atomic mass is 16.5. The Balaban J connectivity index is 2.38. The lowest BCUT2D eigenvalue weighted by Gasteiger charge is -2.26. The maximum atomic E-state index is 5.24. The summed E-state index contributed by atoms with van der Waals surface area (Å²) >= 11 is 0. The Hall–Kier alpha value is -0.120. The predicted octanol–water partition coefficient (Wildman–Crippen LogP) is 0.879. The fraction of sp³-hybridized carbons (Fsp3) is 1.00. The second-order valence-electron chi connectivity index (χ2n) is 2.82. The van der Waals surface area contributed by atoms with E-state index in [-0.39, 0.29) is 0 Å². The smallest absolute Gasteiger partial charge is 0.114 e. The van der Waals surface area contributed by atoms with E-state index < -0.39 is 0 Å². The van der Waals surface area contributed by atoms with Crippen molar-refractivity contribution in [1.29, 1.82) is 0 Å². The van der Waals surface area contributed by atoms with Gasteiger partial charge in [0.15, 0.2) is 0 Å². The quantitative estimate of drug-likeness (QED) is 0.572. The number of hydrogen-bond donors (Lipinski definition) is 0. The van der Waals surface area contributed by atoms with Gasteiger partial charge in [-0.1, -0.05) is 6.92 Å². The monoisotopic (exact) mass is 144 g/mol. The molecule has 0 aromatic rings. The molecule has 0 aromatic carbocycles. The van der Waals surface area contributed by atoms with Crippen molar-refractivity contribution in [3.63, 3.8) is 0 Å². The third kappa shape index (κ3) is 1.48. The minimum Gasteiger partial charge on any atom is -0.348 e. The van der Waals surface area contributed by atoms with Gasteiger partial charge in [0, 0.05) is 13.1 Å². The minimum atomic E-state index is 0.604. The zero-order chi connectivity index (χ0) is 7.56. The number of hydrogen-bond acceptors (Lipinski definition) is 3. The van der Waals surface area contributed by atoms with E-state index in [9.17, 15) is 0 Å². The van der Waals surface area contributed by atoms with Crippen molar-refractivity contribution in [2.45, 2.75) is 26.3 Å². The molecule has 0 aromatic heterocycles. The highest BCUT2D eigenvalue weighted by Gasteiger charge is 2.22. The van der Waals surface area contributed by atoms with Crippen LogP contribution in [-0.2, 0) is 4.74 Å². The second kappa shape index (κ2) is 3.32.